The summed E-state index contributed by atoms with van der Waals surface area (Å²) in [5.41, 5.74) is 1.07. The second-order valence-electron chi connectivity index (χ2n) is 11.3. The van der Waals surface area contributed by atoms with E-state index in [1.807, 2.05) is 26.8 Å². The summed E-state index contributed by atoms with van der Waals surface area (Å²) < 4.78 is 16.2. The highest BCUT2D eigenvalue weighted by atomic mass is 16.6. The Bertz CT molecular complexity index is 1140. The molecule has 0 radical (unpaired) electrons. The largest absolute Gasteiger partial charge is 0.444 e. The second kappa shape index (κ2) is 12.9. The van der Waals surface area contributed by atoms with Gasteiger partial charge in [-0.25, -0.2) is 4.79 Å². The third-order valence-corrected chi connectivity index (χ3v) is 6.90. The normalized spacial score (nSPS) is 19.9. The zero-order valence-electron chi connectivity index (χ0n) is 23.3. The molecule has 0 spiro atoms. The predicted octanol–water partition coefficient (Wildman–Crippen LogP) is 1.12. The van der Waals surface area contributed by atoms with E-state index in [2.05, 4.69) is 15.5 Å². The fourth-order valence-electron chi connectivity index (χ4n) is 5.02. The van der Waals surface area contributed by atoms with Gasteiger partial charge in [-0.15, -0.1) is 0 Å². The number of imide groups is 2. The van der Waals surface area contributed by atoms with Gasteiger partial charge in [-0.3, -0.25) is 29.4 Å². The monoisotopic (exact) mass is 558 g/mol. The first kappa shape index (κ1) is 29.6. The molecule has 2 saturated heterocycles. The van der Waals surface area contributed by atoms with Crippen LogP contribution < -0.4 is 10.6 Å². The molecule has 218 valence electrons. The molecule has 3 heterocycles. The predicted molar refractivity (Wildman–Crippen MR) is 143 cm³/mol. The van der Waals surface area contributed by atoms with E-state index < -0.39 is 41.4 Å². The van der Waals surface area contributed by atoms with Crippen LogP contribution >= 0.6 is 0 Å². The van der Waals surface area contributed by atoms with Crippen LogP contribution in [-0.4, -0.2) is 104 Å². The van der Waals surface area contributed by atoms with Crippen molar-refractivity contribution in [3.8, 4) is 0 Å². The van der Waals surface area contributed by atoms with Gasteiger partial charge in [-0.05, 0) is 57.2 Å². The molecule has 40 heavy (non-hydrogen) atoms. The molecular formula is C28H38N4O8. The molecule has 12 heteroatoms. The summed E-state index contributed by atoms with van der Waals surface area (Å²) >= 11 is 0. The Labute approximate surface area is 233 Å². The number of carbonyl (C=O) groups is 5. The number of alkyl carbamates (subject to hydrolysis) is 1. The first-order valence-corrected chi connectivity index (χ1v) is 13.7. The van der Waals surface area contributed by atoms with Gasteiger partial charge in [-0.2, -0.15) is 0 Å². The molecule has 0 bridgehead atoms. The number of amides is 5. The molecule has 12 nitrogen and oxygen atoms in total. The minimum Gasteiger partial charge on any atom is -0.444 e. The van der Waals surface area contributed by atoms with Gasteiger partial charge in [0, 0.05) is 32.6 Å². The molecule has 5 amide bonds. The Morgan fingerprint density at radius 3 is 2.40 bits per heavy atom. The minimum absolute atomic E-state index is 0.0984. The molecule has 0 aromatic heterocycles. The summed E-state index contributed by atoms with van der Waals surface area (Å²) in [5.74, 6) is -1.52. The Kier molecular flexibility index (Phi) is 9.54. The number of likely N-dealkylation sites (tertiary alicyclic amines) is 1. The minimum atomic E-state index is -0.955. The molecule has 3 aliphatic rings. The quantitative estimate of drug-likeness (QED) is 0.285. The SMILES string of the molecule is CC(C)(C)OC(=O)NCCOCCOCCN1CC(Cc2ccc3c(c2)C(=O)N(C2CCC(=O)NC2=O)C3=O)C1. The van der Waals surface area contributed by atoms with Crippen molar-refractivity contribution in [2.75, 3.05) is 52.6 Å². The molecule has 4 rings (SSSR count). The number of nitrogens with one attached hydrogen (secondary N) is 2. The summed E-state index contributed by atoms with van der Waals surface area (Å²) in [6.07, 6.45) is 0.568. The van der Waals surface area contributed by atoms with Crippen LogP contribution in [0.1, 0.15) is 59.9 Å². The van der Waals surface area contributed by atoms with E-state index in [0.29, 0.717) is 50.0 Å². The van der Waals surface area contributed by atoms with Crippen LogP contribution in [0.15, 0.2) is 18.2 Å². The van der Waals surface area contributed by atoms with E-state index in [9.17, 15) is 24.0 Å². The maximum absolute atomic E-state index is 13.0. The van der Waals surface area contributed by atoms with E-state index >= 15 is 0 Å². The van der Waals surface area contributed by atoms with Gasteiger partial charge in [-0.1, -0.05) is 6.07 Å². The number of benzene rings is 1. The first-order valence-electron chi connectivity index (χ1n) is 13.7. The van der Waals surface area contributed by atoms with Crippen molar-refractivity contribution >= 4 is 29.7 Å². The first-order chi connectivity index (χ1) is 19.0. The van der Waals surface area contributed by atoms with Gasteiger partial charge < -0.3 is 24.4 Å². The van der Waals surface area contributed by atoms with Crippen molar-refractivity contribution in [1.29, 1.82) is 0 Å². The van der Waals surface area contributed by atoms with Crippen LogP contribution in [0.5, 0.6) is 0 Å². The topological polar surface area (TPSA) is 144 Å². The van der Waals surface area contributed by atoms with Gasteiger partial charge in [0.25, 0.3) is 11.8 Å². The fourth-order valence-corrected chi connectivity index (χ4v) is 5.02. The van der Waals surface area contributed by atoms with Crippen LogP contribution in [0.4, 0.5) is 4.79 Å². The van der Waals surface area contributed by atoms with E-state index in [-0.39, 0.29) is 12.8 Å². The lowest BCUT2D eigenvalue weighted by atomic mass is 9.91. The van der Waals surface area contributed by atoms with E-state index in [4.69, 9.17) is 14.2 Å². The van der Waals surface area contributed by atoms with Crippen LogP contribution in [-0.2, 0) is 30.2 Å². The highest BCUT2D eigenvalue weighted by Crippen LogP contribution is 2.29. The second-order valence-corrected chi connectivity index (χ2v) is 11.3. The summed E-state index contributed by atoms with van der Waals surface area (Å²) in [6, 6.07) is 4.34. The lowest BCUT2D eigenvalue weighted by molar-refractivity contribution is -0.136. The molecule has 3 aliphatic heterocycles. The van der Waals surface area contributed by atoms with Gasteiger partial charge in [0.15, 0.2) is 0 Å². The number of piperidine rings is 1. The molecule has 2 fully saturated rings. The van der Waals surface area contributed by atoms with Gasteiger partial charge >= 0.3 is 6.09 Å². The number of fused-ring (bicyclic) bond motifs is 1. The van der Waals surface area contributed by atoms with Crippen LogP contribution in [0.2, 0.25) is 0 Å². The van der Waals surface area contributed by atoms with Gasteiger partial charge in [0.05, 0.1) is 37.6 Å². The molecule has 1 atom stereocenters. The third kappa shape index (κ3) is 7.64. The lowest BCUT2D eigenvalue weighted by Crippen LogP contribution is -2.54. The maximum atomic E-state index is 13.0. The Morgan fingerprint density at radius 1 is 1.00 bits per heavy atom. The third-order valence-electron chi connectivity index (χ3n) is 6.90. The van der Waals surface area contributed by atoms with Crippen molar-refractivity contribution in [3.63, 3.8) is 0 Å². The Morgan fingerprint density at radius 2 is 1.70 bits per heavy atom. The average molecular weight is 559 g/mol. The summed E-state index contributed by atoms with van der Waals surface area (Å²) in [4.78, 5) is 64.4. The number of carbonyl (C=O) groups excluding carboxylic acids is 5. The van der Waals surface area contributed by atoms with Gasteiger partial charge in [0.1, 0.15) is 11.6 Å². The fraction of sp³-hybridized carbons (Fsp3) is 0.607. The smallest absolute Gasteiger partial charge is 0.407 e. The molecule has 1 aromatic carbocycles. The standard InChI is InChI=1S/C28H38N4O8/c1-28(2,3)40-27(37)29-8-10-38-12-13-39-11-9-31-16-19(17-31)14-18-4-5-20-21(15-18)26(36)32(25(20)35)22-6-7-23(33)30-24(22)34/h4-5,15,19,22H,6-14,16-17H2,1-3H3,(H,29,37)(H,30,33,34). The molecule has 1 unspecified atom stereocenters. The zero-order chi connectivity index (χ0) is 28.9. The average Bonchev–Trinajstić information content (AvgIpc) is 3.09. The summed E-state index contributed by atoms with van der Waals surface area (Å²) in [7, 11) is 0. The van der Waals surface area contributed by atoms with Crippen molar-refractivity contribution in [3.05, 3.63) is 34.9 Å². The summed E-state index contributed by atoms with van der Waals surface area (Å²) in [6.45, 7) is 10.3. The molecule has 0 saturated carbocycles. The Balaban J connectivity index is 1.09. The molecule has 1 aromatic rings. The van der Waals surface area contributed by atoms with Crippen molar-refractivity contribution < 1.29 is 38.2 Å². The van der Waals surface area contributed by atoms with Crippen molar-refractivity contribution in [2.45, 2.75) is 51.7 Å². The highest BCUT2D eigenvalue weighted by molar-refractivity contribution is 6.23. The molecular weight excluding hydrogens is 520 g/mol. The van der Waals surface area contributed by atoms with E-state index in [1.54, 1.807) is 12.1 Å². The number of rotatable bonds is 12. The van der Waals surface area contributed by atoms with Crippen LogP contribution in [0.25, 0.3) is 0 Å². The maximum Gasteiger partial charge on any atom is 0.407 e. The van der Waals surface area contributed by atoms with Gasteiger partial charge in [0.2, 0.25) is 11.8 Å². The van der Waals surface area contributed by atoms with E-state index in [1.165, 1.54) is 0 Å². The number of hydrogen-bond acceptors (Lipinski definition) is 9. The van der Waals surface area contributed by atoms with Crippen LogP contribution in [0, 0.1) is 5.92 Å². The highest BCUT2D eigenvalue weighted by Gasteiger charge is 2.44. The summed E-state index contributed by atoms with van der Waals surface area (Å²) in [5, 5.41) is 4.85. The Hall–Kier alpha value is -3.35. The zero-order valence-corrected chi connectivity index (χ0v) is 23.3. The van der Waals surface area contributed by atoms with Crippen LogP contribution in [0.3, 0.4) is 0 Å². The molecule has 0 aliphatic carbocycles. The number of nitrogens with zero attached hydrogens (tertiary/aromatic N) is 2. The molecule has 2 N–H and O–H groups in total. The number of ether oxygens (including phenoxy) is 3. The van der Waals surface area contributed by atoms with E-state index in [0.717, 1.165) is 36.5 Å². The van der Waals surface area contributed by atoms with Crippen molar-refractivity contribution in [1.82, 2.24) is 20.4 Å². The lowest BCUT2D eigenvalue weighted by Gasteiger charge is -2.39. The number of hydrogen-bond donors (Lipinski definition) is 2. The van der Waals surface area contributed by atoms with Crippen molar-refractivity contribution in [2.24, 2.45) is 5.92 Å².